The summed E-state index contributed by atoms with van der Waals surface area (Å²) >= 11 is 6.09. The lowest BCUT2D eigenvalue weighted by Crippen LogP contribution is -1.91. The molecule has 0 saturated heterocycles. The lowest BCUT2D eigenvalue weighted by atomic mass is 9.99. The molecule has 0 fully saturated rings. The molecule has 0 bridgehead atoms. The number of hydrogen-bond donors (Lipinski definition) is 0. The van der Waals surface area contributed by atoms with Gasteiger partial charge in [-0.1, -0.05) is 37.6 Å². The van der Waals surface area contributed by atoms with Crippen molar-refractivity contribution >= 4 is 11.6 Å². The quantitative estimate of drug-likeness (QED) is 0.741. The van der Waals surface area contributed by atoms with E-state index in [2.05, 4.69) is 26.0 Å². The van der Waals surface area contributed by atoms with E-state index >= 15 is 0 Å². The fourth-order valence-electron chi connectivity index (χ4n) is 1.88. The largest absolute Gasteiger partial charge is 0.456 e. The Labute approximate surface area is 124 Å². The van der Waals surface area contributed by atoms with Gasteiger partial charge < -0.3 is 4.74 Å². The van der Waals surface area contributed by atoms with Crippen LogP contribution in [0.2, 0.25) is 5.02 Å². The number of rotatable bonds is 4. The highest BCUT2D eigenvalue weighted by molar-refractivity contribution is 6.32. The zero-order chi connectivity index (χ0) is 14.5. The molecule has 0 heterocycles. The van der Waals surface area contributed by atoms with Crippen LogP contribution in [0, 0.1) is 11.3 Å². The topological polar surface area (TPSA) is 33.0 Å². The summed E-state index contributed by atoms with van der Waals surface area (Å²) in [5.74, 6) is 1.84. The zero-order valence-electron chi connectivity index (χ0n) is 11.6. The normalized spacial score (nSPS) is 11.7. The first-order valence-electron chi connectivity index (χ1n) is 6.61. The van der Waals surface area contributed by atoms with Gasteiger partial charge in [0, 0.05) is 0 Å². The fraction of sp³-hybridized carbons (Fsp3) is 0.235. The van der Waals surface area contributed by atoms with E-state index in [-0.39, 0.29) is 0 Å². The van der Waals surface area contributed by atoms with Crippen LogP contribution in [0.5, 0.6) is 11.5 Å². The molecule has 2 nitrogen and oxygen atoms in total. The second-order valence-electron chi connectivity index (χ2n) is 4.74. The van der Waals surface area contributed by atoms with Crippen LogP contribution in [0.1, 0.15) is 37.3 Å². The van der Waals surface area contributed by atoms with Gasteiger partial charge in [0.05, 0.1) is 16.7 Å². The van der Waals surface area contributed by atoms with Gasteiger partial charge in [0.1, 0.15) is 11.5 Å². The van der Waals surface area contributed by atoms with Crippen molar-refractivity contribution in [2.45, 2.75) is 26.2 Å². The van der Waals surface area contributed by atoms with Crippen LogP contribution in [0.4, 0.5) is 0 Å². The first-order chi connectivity index (χ1) is 9.63. The zero-order valence-corrected chi connectivity index (χ0v) is 12.3. The highest BCUT2D eigenvalue weighted by atomic mass is 35.5. The van der Waals surface area contributed by atoms with Crippen molar-refractivity contribution < 1.29 is 4.74 Å². The molecule has 2 rings (SSSR count). The van der Waals surface area contributed by atoms with E-state index in [0.717, 1.165) is 12.2 Å². The van der Waals surface area contributed by atoms with Crippen LogP contribution in [0.3, 0.4) is 0 Å². The maximum Gasteiger partial charge on any atom is 0.146 e. The van der Waals surface area contributed by atoms with Crippen molar-refractivity contribution in [3.8, 4) is 17.6 Å². The molecule has 1 atom stereocenters. The Bertz CT molecular complexity index is 628. The van der Waals surface area contributed by atoms with E-state index in [1.807, 2.05) is 18.2 Å². The molecule has 102 valence electrons. The van der Waals surface area contributed by atoms with E-state index < -0.39 is 0 Å². The molecule has 0 saturated carbocycles. The summed E-state index contributed by atoms with van der Waals surface area (Å²) in [4.78, 5) is 0. The summed E-state index contributed by atoms with van der Waals surface area (Å²) in [5, 5.41) is 9.24. The SMILES string of the molecule is CCC(C)c1ccc(Oc2ccc(C#N)cc2Cl)cc1. The third-order valence-electron chi connectivity index (χ3n) is 3.35. The smallest absolute Gasteiger partial charge is 0.146 e. The average molecular weight is 286 g/mol. The second-order valence-corrected chi connectivity index (χ2v) is 5.14. The maximum atomic E-state index is 8.80. The minimum Gasteiger partial charge on any atom is -0.456 e. The highest BCUT2D eigenvalue weighted by Gasteiger charge is 2.06. The summed E-state index contributed by atoms with van der Waals surface area (Å²) in [6, 6.07) is 15.1. The summed E-state index contributed by atoms with van der Waals surface area (Å²) in [7, 11) is 0. The van der Waals surface area contributed by atoms with Crippen LogP contribution in [-0.2, 0) is 0 Å². The number of halogens is 1. The van der Waals surface area contributed by atoms with Crippen LogP contribution in [0.15, 0.2) is 42.5 Å². The van der Waals surface area contributed by atoms with E-state index in [9.17, 15) is 0 Å². The molecule has 0 aliphatic rings. The number of ether oxygens (including phenoxy) is 1. The van der Waals surface area contributed by atoms with Gasteiger partial charge in [-0.15, -0.1) is 0 Å². The monoisotopic (exact) mass is 285 g/mol. The molecule has 2 aromatic carbocycles. The molecule has 0 amide bonds. The standard InChI is InChI=1S/C17H16ClNO/c1-3-12(2)14-5-7-15(8-6-14)20-17-9-4-13(11-19)10-16(17)18/h4-10,12H,3H2,1-2H3. The van der Waals surface area contributed by atoms with Gasteiger partial charge in [0.2, 0.25) is 0 Å². The molecular formula is C17H16ClNO. The maximum absolute atomic E-state index is 8.80. The van der Waals surface area contributed by atoms with E-state index in [1.54, 1.807) is 18.2 Å². The molecule has 3 heteroatoms. The first kappa shape index (κ1) is 14.4. The summed E-state index contributed by atoms with van der Waals surface area (Å²) in [6.07, 6.45) is 1.11. The molecule has 0 spiro atoms. The lowest BCUT2D eigenvalue weighted by molar-refractivity contribution is 0.482. The van der Waals surface area contributed by atoms with Crippen molar-refractivity contribution in [3.63, 3.8) is 0 Å². The summed E-state index contributed by atoms with van der Waals surface area (Å²) in [6.45, 7) is 4.37. The van der Waals surface area contributed by atoms with Crippen LogP contribution in [-0.4, -0.2) is 0 Å². The van der Waals surface area contributed by atoms with Gasteiger partial charge in [-0.3, -0.25) is 0 Å². The van der Waals surface area contributed by atoms with Crippen molar-refractivity contribution in [3.05, 3.63) is 58.6 Å². The Hall–Kier alpha value is -1.98. The lowest BCUT2D eigenvalue weighted by Gasteiger charge is -2.11. The van der Waals surface area contributed by atoms with Crippen molar-refractivity contribution in [1.29, 1.82) is 5.26 Å². The number of benzene rings is 2. The summed E-state index contributed by atoms with van der Waals surface area (Å²) < 4.78 is 5.74. The first-order valence-corrected chi connectivity index (χ1v) is 6.99. The number of hydrogen-bond acceptors (Lipinski definition) is 2. The molecular weight excluding hydrogens is 270 g/mol. The number of nitrogens with zero attached hydrogens (tertiary/aromatic N) is 1. The number of nitriles is 1. The Balaban J connectivity index is 2.16. The predicted octanol–water partition coefficient (Wildman–Crippen LogP) is 5.52. The third-order valence-corrected chi connectivity index (χ3v) is 3.65. The van der Waals surface area contributed by atoms with E-state index in [0.29, 0.717) is 22.3 Å². The molecule has 0 radical (unpaired) electrons. The average Bonchev–Trinajstić information content (AvgIpc) is 2.49. The van der Waals surface area contributed by atoms with Gasteiger partial charge in [-0.2, -0.15) is 5.26 Å². The minimum absolute atomic E-state index is 0.440. The van der Waals surface area contributed by atoms with Gasteiger partial charge >= 0.3 is 0 Å². The van der Waals surface area contributed by atoms with Gasteiger partial charge in [0.25, 0.3) is 0 Å². The van der Waals surface area contributed by atoms with Gasteiger partial charge in [0.15, 0.2) is 0 Å². The Kier molecular flexibility index (Phi) is 4.65. The molecule has 0 aliphatic heterocycles. The Morgan fingerprint density at radius 1 is 1.20 bits per heavy atom. The minimum atomic E-state index is 0.440. The van der Waals surface area contributed by atoms with E-state index in [4.69, 9.17) is 21.6 Å². The molecule has 1 unspecified atom stereocenters. The van der Waals surface area contributed by atoms with Gasteiger partial charge in [-0.25, -0.2) is 0 Å². The molecule has 20 heavy (non-hydrogen) atoms. The van der Waals surface area contributed by atoms with Crippen LogP contribution < -0.4 is 4.74 Å². The third kappa shape index (κ3) is 3.31. The van der Waals surface area contributed by atoms with Gasteiger partial charge in [-0.05, 0) is 48.2 Å². The predicted molar refractivity (Wildman–Crippen MR) is 81.4 cm³/mol. The molecule has 0 aromatic heterocycles. The van der Waals surface area contributed by atoms with Crippen LogP contribution in [0.25, 0.3) is 0 Å². The highest BCUT2D eigenvalue weighted by Crippen LogP contribution is 2.31. The molecule has 0 aliphatic carbocycles. The van der Waals surface area contributed by atoms with Crippen molar-refractivity contribution in [2.24, 2.45) is 0 Å². The van der Waals surface area contributed by atoms with Crippen LogP contribution >= 0.6 is 11.6 Å². The summed E-state index contributed by atoms with van der Waals surface area (Å²) in [5.41, 5.74) is 1.82. The Morgan fingerprint density at radius 3 is 2.45 bits per heavy atom. The van der Waals surface area contributed by atoms with E-state index in [1.165, 1.54) is 5.56 Å². The van der Waals surface area contributed by atoms with Crippen molar-refractivity contribution in [1.82, 2.24) is 0 Å². The Morgan fingerprint density at radius 2 is 1.90 bits per heavy atom. The second kappa shape index (κ2) is 6.45. The molecule has 0 N–H and O–H groups in total. The van der Waals surface area contributed by atoms with Crippen molar-refractivity contribution in [2.75, 3.05) is 0 Å². The molecule has 2 aromatic rings. The fourth-order valence-corrected chi connectivity index (χ4v) is 2.10.